The summed E-state index contributed by atoms with van der Waals surface area (Å²) in [5.41, 5.74) is 1.01. The van der Waals surface area contributed by atoms with Crippen LogP contribution in [0.4, 0.5) is 0 Å². The normalized spacial score (nSPS) is 28.0. The summed E-state index contributed by atoms with van der Waals surface area (Å²) < 4.78 is 20.4. The zero-order chi connectivity index (χ0) is 24.7. The Bertz CT molecular complexity index is 999. The van der Waals surface area contributed by atoms with Gasteiger partial charge in [-0.1, -0.05) is 88.4 Å². The molecule has 4 rings (SSSR count). The molecule has 1 heterocycles. The summed E-state index contributed by atoms with van der Waals surface area (Å²) >= 11 is 0. The van der Waals surface area contributed by atoms with Gasteiger partial charge >= 0.3 is 0 Å². The molecule has 4 nitrogen and oxygen atoms in total. The molecule has 0 N–H and O–H groups in total. The lowest BCUT2D eigenvalue weighted by atomic mass is 9.80. The highest BCUT2D eigenvalue weighted by molar-refractivity contribution is 6.99. The molecule has 0 aromatic heterocycles. The summed E-state index contributed by atoms with van der Waals surface area (Å²) in [5, 5.41) is 2.25. The molecule has 0 unspecified atom stereocenters. The van der Waals surface area contributed by atoms with Crippen molar-refractivity contribution in [3.05, 3.63) is 72.3 Å². The maximum absolute atomic E-state index is 12.3. The number of hydrogen-bond acceptors (Lipinski definition) is 4. The van der Waals surface area contributed by atoms with E-state index in [1.165, 1.54) is 10.4 Å². The summed E-state index contributed by atoms with van der Waals surface area (Å²) in [4.78, 5) is 12.3. The lowest BCUT2D eigenvalue weighted by Gasteiger charge is -2.48. The lowest BCUT2D eigenvalue weighted by molar-refractivity contribution is -0.152. The molecule has 4 atom stereocenters. The van der Waals surface area contributed by atoms with E-state index < -0.39 is 14.1 Å². The minimum absolute atomic E-state index is 0.0369. The summed E-state index contributed by atoms with van der Waals surface area (Å²) in [5.74, 6) is -0.422. The number of carbonyl (C=O) groups excluding carboxylic acids is 1. The molecule has 1 saturated heterocycles. The van der Waals surface area contributed by atoms with Crippen LogP contribution in [0.1, 0.15) is 54.9 Å². The molecule has 1 aliphatic heterocycles. The molecule has 5 heteroatoms. The smallest absolute Gasteiger partial charge is 0.262 e. The van der Waals surface area contributed by atoms with Gasteiger partial charge in [0.15, 0.2) is 11.6 Å². The largest absolute Gasteiger partial charge is 0.398 e. The zero-order valence-corrected chi connectivity index (χ0v) is 22.5. The molecule has 1 aliphatic carbocycles. The second-order valence-corrected chi connectivity index (χ2v) is 15.5. The highest BCUT2D eigenvalue weighted by Crippen LogP contribution is 2.46. The molecular formula is C29H38O4Si. The molecule has 0 spiro atoms. The van der Waals surface area contributed by atoms with Crippen molar-refractivity contribution in [2.75, 3.05) is 0 Å². The second-order valence-electron chi connectivity index (χ2n) is 11.3. The fourth-order valence-electron chi connectivity index (χ4n) is 5.73. The molecule has 2 aliphatic rings. The Balaban J connectivity index is 1.92. The molecule has 34 heavy (non-hydrogen) atoms. The van der Waals surface area contributed by atoms with Crippen molar-refractivity contribution >= 4 is 24.5 Å². The minimum Gasteiger partial charge on any atom is -0.398 e. The van der Waals surface area contributed by atoms with E-state index in [-0.39, 0.29) is 35.1 Å². The number of hydrogen-bond donors (Lipinski definition) is 0. The van der Waals surface area contributed by atoms with Crippen molar-refractivity contribution in [3.8, 4) is 0 Å². The van der Waals surface area contributed by atoms with Gasteiger partial charge in [-0.15, -0.1) is 0 Å². The Morgan fingerprint density at radius 1 is 0.971 bits per heavy atom. The van der Waals surface area contributed by atoms with Crippen LogP contribution in [0, 0.1) is 5.92 Å². The average Bonchev–Trinajstić information content (AvgIpc) is 3.09. The number of benzene rings is 2. The van der Waals surface area contributed by atoms with Crippen LogP contribution in [0.15, 0.2) is 72.3 Å². The summed E-state index contributed by atoms with van der Waals surface area (Å²) in [6, 6.07) is 21.2. The fourth-order valence-corrected chi connectivity index (χ4v) is 10.4. The van der Waals surface area contributed by atoms with Crippen molar-refractivity contribution in [1.29, 1.82) is 0 Å². The Labute approximate surface area is 205 Å². The average molecular weight is 479 g/mol. The number of allylic oxidation sites excluding steroid dienone is 1. The molecule has 1 saturated carbocycles. The van der Waals surface area contributed by atoms with Crippen LogP contribution in [0.25, 0.3) is 0 Å². The van der Waals surface area contributed by atoms with E-state index in [2.05, 4.69) is 76.2 Å². The summed E-state index contributed by atoms with van der Waals surface area (Å²) in [7, 11) is -2.85. The van der Waals surface area contributed by atoms with Crippen molar-refractivity contribution in [1.82, 2.24) is 0 Å². The molecule has 2 aromatic rings. The van der Waals surface area contributed by atoms with Crippen LogP contribution in [-0.4, -0.2) is 38.2 Å². The fraction of sp³-hybridized carbons (Fsp3) is 0.483. The van der Waals surface area contributed by atoms with E-state index in [9.17, 15) is 4.79 Å². The van der Waals surface area contributed by atoms with E-state index in [4.69, 9.17) is 13.9 Å². The number of ether oxygens (including phenoxy) is 2. The first-order valence-electron chi connectivity index (χ1n) is 12.3. The third-order valence-corrected chi connectivity index (χ3v) is 12.1. The molecule has 182 valence electrons. The van der Waals surface area contributed by atoms with Crippen LogP contribution in [0.5, 0.6) is 0 Å². The maximum atomic E-state index is 12.3. The molecular weight excluding hydrogens is 440 g/mol. The van der Waals surface area contributed by atoms with Crippen molar-refractivity contribution in [3.63, 3.8) is 0 Å². The van der Waals surface area contributed by atoms with Crippen LogP contribution >= 0.6 is 0 Å². The predicted octanol–water partition coefficient (Wildman–Crippen LogP) is 5.01. The van der Waals surface area contributed by atoms with Crippen LogP contribution < -0.4 is 10.4 Å². The van der Waals surface area contributed by atoms with E-state index in [0.29, 0.717) is 0 Å². The Kier molecular flexibility index (Phi) is 6.77. The van der Waals surface area contributed by atoms with Gasteiger partial charge in [-0.3, -0.25) is 4.79 Å². The molecule has 2 aromatic carbocycles. The van der Waals surface area contributed by atoms with E-state index in [1.807, 2.05) is 26.0 Å². The van der Waals surface area contributed by atoms with Gasteiger partial charge in [0.25, 0.3) is 8.32 Å². The monoisotopic (exact) mass is 478 g/mol. The van der Waals surface area contributed by atoms with Crippen LogP contribution in [0.3, 0.4) is 0 Å². The number of ketones is 1. The Morgan fingerprint density at radius 3 is 1.94 bits per heavy atom. The summed E-state index contributed by atoms with van der Waals surface area (Å²) in [6.45, 7) is 14.5. The van der Waals surface area contributed by atoms with Gasteiger partial charge in [-0.2, -0.15) is 0 Å². The number of rotatable bonds is 5. The van der Waals surface area contributed by atoms with E-state index >= 15 is 0 Å². The van der Waals surface area contributed by atoms with Crippen molar-refractivity contribution in [2.45, 2.75) is 84.0 Å². The predicted molar refractivity (Wildman–Crippen MR) is 139 cm³/mol. The third-order valence-electron chi connectivity index (χ3n) is 7.06. The van der Waals surface area contributed by atoms with Crippen LogP contribution in [0.2, 0.25) is 5.04 Å². The van der Waals surface area contributed by atoms with Crippen molar-refractivity contribution in [2.24, 2.45) is 5.92 Å². The second kappa shape index (κ2) is 9.19. The molecule has 2 fully saturated rings. The first-order chi connectivity index (χ1) is 15.9. The lowest BCUT2D eigenvalue weighted by Crippen LogP contribution is -2.69. The van der Waals surface area contributed by atoms with Gasteiger partial charge in [0, 0.05) is 0 Å². The minimum atomic E-state index is -2.85. The third kappa shape index (κ3) is 4.59. The van der Waals surface area contributed by atoms with Gasteiger partial charge in [0.05, 0.1) is 12.2 Å². The SMILES string of the molecule is CC(=O)/C=C1\C[C@@H](C)[C@H]2OC(C)(C)O[C@H]2[C@@H]1O[Si](c1ccccc1)(c1ccccc1)C(C)(C)C. The van der Waals surface area contributed by atoms with Gasteiger partial charge in [0.1, 0.15) is 6.10 Å². The topological polar surface area (TPSA) is 44.8 Å². The molecule has 0 bridgehead atoms. The number of fused-ring (bicyclic) bond motifs is 1. The Hall–Kier alpha value is -2.05. The maximum Gasteiger partial charge on any atom is 0.262 e. The van der Waals surface area contributed by atoms with Gasteiger partial charge < -0.3 is 13.9 Å². The highest BCUT2D eigenvalue weighted by Gasteiger charge is 2.57. The quantitative estimate of drug-likeness (QED) is 0.448. The van der Waals surface area contributed by atoms with E-state index in [1.54, 1.807) is 13.0 Å². The molecule has 0 amide bonds. The zero-order valence-electron chi connectivity index (χ0n) is 21.5. The van der Waals surface area contributed by atoms with Crippen molar-refractivity contribution < 1.29 is 18.7 Å². The molecule has 0 radical (unpaired) electrons. The summed E-state index contributed by atoms with van der Waals surface area (Å²) in [6.07, 6.45) is 1.80. The van der Waals surface area contributed by atoms with Gasteiger partial charge in [-0.25, -0.2) is 0 Å². The standard InChI is InChI=1S/C29H38O4Si/c1-20-18-22(19-21(2)30)26(27-25(20)31-29(6,7)32-27)33-34(28(3,4)5,23-14-10-8-11-15-23)24-16-12-9-13-17-24/h8-17,19-20,25-27H,18H2,1-7H3/b22-19+/t20-,25-,26-,27-/m1/s1. The van der Waals surface area contributed by atoms with Gasteiger partial charge in [0.2, 0.25) is 0 Å². The van der Waals surface area contributed by atoms with Gasteiger partial charge in [-0.05, 0) is 60.2 Å². The Morgan fingerprint density at radius 2 is 1.47 bits per heavy atom. The highest BCUT2D eigenvalue weighted by atomic mass is 28.4. The van der Waals surface area contributed by atoms with Crippen LogP contribution in [-0.2, 0) is 18.7 Å². The first kappa shape index (κ1) is 25.1. The number of carbonyl (C=O) groups is 1. The first-order valence-corrected chi connectivity index (χ1v) is 14.2. The van der Waals surface area contributed by atoms with E-state index in [0.717, 1.165) is 12.0 Å².